The number of fused-ring (bicyclic) bond motifs is 2. The number of halogens is 2. The molecule has 0 aliphatic carbocycles. The van der Waals surface area contributed by atoms with Crippen LogP contribution in [0.4, 0.5) is 4.39 Å². The average Bonchev–Trinajstić information content (AvgIpc) is 3.16. The lowest BCUT2D eigenvalue weighted by Gasteiger charge is -2.09. The van der Waals surface area contributed by atoms with Crippen LogP contribution in [0.2, 0.25) is 5.02 Å². The predicted molar refractivity (Wildman–Crippen MR) is 128 cm³/mol. The van der Waals surface area contributed by atoms with E-state index in [2.05, 4.69) is 32.4 Å². The number of carbonyl (C=O) groups is 1. The van der Waals surface area contributed by atoms with Crippen molar-refractivity contribution in [1.82, 2.24) is 20.3 Å². The summed E-state index contributed by atoms with van der Waals surface area (Å²) in [5.41, 5.74) is 5.32. The number of nitrogens with zero attached hydrogens (tertiary/aromatic N) is 2. The zero-order chi connectivity index (χ0) is 22.9. The Labute approximate surface area is 194 Å². The van der Waals surface area contributed by atoms with Crippen LogP contribution in [0.5, 0.6) is 0 Å². The van der Waals surface area contributed by atoms with Crippen molar-refractivity contribution in [2.75, 3.05) is 0 Å². The first-order valence-electron chi connectivity index (χ1n) is 10.5. The van der Waals surface area contributed by atoms with Gasteiger partial charge in [0, 0.05) is 64.7 Å². The molecule has 1 amide bonds. The monoisotopic (exact) mass is 458 g/mol. The van der Waals surface area contributed by atoms with Crippen LogP contribution in [0.1, 0.15) is 32.7 Å². The van der Waals surface area contributed by atoms with E-state index in [4.69, 9.17) is 11.6 Å². The molecule has 2 aromatic carbocycles. The second kappa shape index (κ2) is 8.64. The maximum Gasteiger partial charge on any atom is 0.251 e. The number of carbonyl (C=O) groups excluding carboxylic acids is 1. The molecule has 0 aliphatic heterocycles. The van der Waals surface area contributed by atoms with Crippen LogP contribution in [0, 0.1) is 12.7 Å². The molecule has 0 atom stereocenters. The van der Waals surface area contributed by atoms with Crippen molar-refractivity contribution in [3.63, 3.8) is 0 Å². The molecular weight excluding hydrogens is 439 g/mol. The quantitative estimate of drug-likeness (QED) is 0.353. The molecule has 7 heteroatoms. The summed E-state index contributed by atoms with van der Waals surface area (Å²) in [5, 5.41) is 5.08. The summed E-state index contributed by atoms with van der Waals surface area (Å²) < 4.78 is 14.4. The molecule has 5 aromatic rings. The molecule has 5 nitrogen and oxygen atoms in total. The van der Waals surface area contributed by atoms with Gasteiger partial charge in [-0.2, -0.15) is 0 Å². The van der Waals surface area contributed by atoms with E-state index in [1.54, 1.807) is 30.6 Å². The van der Waals surface area contributed by atoms with Crippen molar-refractivity contribution in [3.8, 4) is 0 Å². The highest BCUT2D eigenvalue weighted by molar-refractivity contribution is 6.35. The van der Waals surface area contributed by atoms with Crippen LogP contribution in [-0.2, 0) is 13.0 Å². The second-order valence-corrected chi connectivity index (χ2v) is 8.47. The van der Waals surface area contributed by atoms with Crippen molar-refractivity contribution in [2.24, 2.45) is 0 Å². The van der Waals surface area contributed by atoms with E-state index in [1.165, 1.54) is 11.6 Å². The van der Waals surface area contributed by atoms with E-state index in [0.29, 0.717) is 33.5 Å². The predicted octanol–water partition coefficient (Wildman–Crippen LogP) is 5.73. The minimum Gasteiger partial charge on any atom is -0.360 e. The van der Waals surface area contributed by atoms with Gasteiger partial charge in [0.1, 0.15) is 5.82 Å². The highest BCUT2D eigenvalue weighted by Gasteiger charge is 2.12. The number of aryl methyl sites for hydroxylation is 1. The SMILES string of the molecule is Cc1ccc2ncc(Cc3cc(C(=O)NCc4cc5c(Cl)c[nH]c5cc4F)ccn3)cc2c1. The zero-order valence-corrected chi connectivity index (χ0v) is 18.6. The largest absolute Gasteiger partial charge is 0.360 e. The number of aromatic amines is 1. The number of aromatic nitrogens is 3. The summed E-state index contributed by atoms with van der Waals surface area (Å²) in [6, 6.07) is 14.6. The maximum atomic E-state index is 14.4. The normalized spacial score (nSPS) is 11.2. The highest BCUT2D eigenvalue weighted by atomic mass is 35.5. The lowest BCUT2D eigenvalue weighted by molar-refractivity contribution is 0.0950. The molecule has 33 heavy (non-hydrogen) atoms. The minimum atomic E-state index is -0.407. The number of H-pyrrole nitrogens is 1. The molecule has 0 saturated carbocycles. The Morgan fingerprint density at radius 1 is 1.12 bits per heavy atom. The van der Waals surface area contributed by atoms with E-state index in [0.717, 1.165) is 22.2 Å². The molecule has 0 bridgehead atoms. The Balaban J connectivity index is 1.31. The molecule has 0 aliphatic rings. The fourth-order valence-electron chi connectivity index (χ4n) is 3.89. The summed E-state index contributed by atoms with van der Waals surface area (Å²) in [4.78, 5) is 24.6. The van der Waals surface area contributed by atoms with Gasteiger partial charge < -0.3 is 10.3 Å². The first-order chi connectivity index (χ1) is 16.0. The fourth-order valence-corrected chi connectivity index (χ4v) is 4.10. The summed E-state index contributed by atoms with van der Waals surface area (Å²) in [6.45, 7) is 2.10. The second-order valence-electron chi connectivity index (χ2n) is 8.06. The molecule has 3 aromatic heterocycles. The molecule has 0 fully saturated rings. The number of amides is 1. The molecule has 0 radical (unpaired) electrons. The van der Waals surface area contributed by atoms with E-state index in [9.17, 15) is 9.18 Å². The van der Waals surface area contributed by atoms with Gasteiger partial charge in [-0.05, 0) is 55.0 Å². The van der Waals surface area contributed by atoms with Crippen LogP contribution in [-0.4, -0.2) is 20.9 Å². The van der Waals surface area contributed by atoms with Crippen molar-refractivity contribution in [1.29, 1.82) is 0 Å². The standard InChI is InChI=1S/C26H20ClFN4O/c1-15-2-3-24-18(6-15)7-16(12-30-24)8-20-9-17(4-5-29-20)26(33)32-13-19-10-21-22(27)14-31-25(21)11-23(19)28/h2-7,9-12,14,31H,8,13H2,1H3,(H,32,33). The van der Waals surface area contributed by atoms with Gasteiger partial charge in [-0.1, -0.05) is 23.2 Å². The summed E-state index contributed by atoms with van der Waals surface area (Å²) in [5.74, 6) is -0.707. The number of hydrogen-bond acceptors (Lipinski definition) is 3. The molecule has 3 heterocycles. The van der Waals surface area contributed by atoms with Crippen LogP contribution in [0.15, 0.2) is 67.1 Å². The number of benzene rings is 2. The zero-order valence-electron chi connectivity index (χ0n) is 17.8. The van der Waals surface area contributed by atoms with Crippen molar-refractivity contribution in [2.45, 2.75) is 19.9 Å². The van der Waals surface area contributed by atoms with Gasteiger partial charge in [0.15, 0.2) is 0 Å². The van der Waals surface area contributed by atoms with E-state index < -0.39 is 5.82 Å². The van der Waals surface area contributed by atoms with E-state index in [-0.39, 0.29) is 12.5 Å². The number of nitrogens with one attached hydrogen (secondary N) is 2. The van der Waals surface area contributed by atoms with Crippen molar-refractivity contribution >= 4 is 39.3 Å². The first kappa shape index (κ1) is 21.1. The first-order valence-corrected chi connectivity index (χ1v) is 10.9. The van der Waals surface area contributed by atoms with Gasteiger partial charge in [-0.25, -0.2) is 4.39 Å². The van der Waals surface area contributed by atoms with Gasteiger partial charge in [0.25, 0.3) is 5.91 Å². The van der Waals surface area contributed by atoms with Gasteiger partial charge in [-0.3, -0.25) is 14.8 Å². The third-order valence-electron chi connectivity index (χ3n) is 5.60. The third-order valence-corrected chi connectivity index (χ3v) is 5.91. The average molecular weight is 459 g/mol. The number of hydrogen-bond donors (Lipinski definition) is 2. The van der Waals surface area contributed by atoms with Gasteiger partial charge in [-0.15, -0.1) is 0 Å². The number of rotatable bonds is 5. The van der Waals surface area contributed by atoms with E-state index in [1.807, 2.05) is 25.3 Å². The summed E-state index contributed by atoms with van der Waals surface area (Å²) in [6.07, 6.45) is 5.60. The van der Waals surface area contributed by atoms with Crippen LogP contribution >= 0.6 is 11.6 Å². The molecule has 5 rings (SSSR count). The third kappa shape index (κ3) is 4.43. The molecule has 2 N–H and O–H groups in total. The maximum absolute atomic E-state index is 14.4. The topological polar surface area (TPSA) is 70.7 Å². The summed E-state index contributed by atoms with van der Waals surface area (Å²) in [7, 11) is 0. The lowest BCUT2D eigenvalue weighted by atomic mass is 10.1. The van der Waals surface area contributed by atoms with Crippen molar-refractivity contribution < 1.29 is 9.18 Å². The number of pyridine rings is 2. The Bertz CT molecular complexity index is 1510. The Hall–Kier alpha value is -3.77. The molecular formula is C26H20ClFN4O. The smallest absolute Gasteiger partial charge is 0.251 e. The molecule has 0 saturated heterocycles. The Kier molecular flexibility index (Phi) is 5.52. The minimum absolute atomic E-state index is 0.0493. The van der Waals surface area contributed by atoms with Crippen molar-refractivity contribution in [3.05, 3.63) is 106 Å². The van der Waals surface area contributed by atoms with Gasteiger partial charge in [0.05, 0.1) is 10.5 Å². The Morgan fingerprint density at radius 3 is 2.88 bits per heavy atom. The van der Waals surface area contributed by atoms with Crippen LogP contribution in [0.3, 0.4) is 0 Å². The van der Waals surface area contributed by atoms with Gasteiger partial charge >= 0.3 is 0 Å². The summed E-state index contributed by atoms with van der Waals surface area (Å²) >= 11 is 6.13. The van der Waals surface area contributed by atoms with Crippen LogP contribution in [0.25, 0.3) is 21.8 Å². The molecule has 0 unspecified atom stereocenters. The Morgan fingerprint density at radius 2 is 2.00 bits per heavy atom. The highest BCUT2D eigenvalue weighted by Crippen LogP contribution is 2.26. The lowest BCUT2D eigenvalue weighted by Crippen LogP contribution is -2.23. The fraction of sp³-hybridized carbons (Fsp3) is 0.115. The van der Waals surface area contributed by atoms with Crippen LogP contribution < -0.4 is 5.32 Å². The van der Waals surface area contributed by atoms with Gasteiger partial charge in [0.2, 0.25) is 0 Å². The molecule has 164 valence electrons. The molecule has 0 spiro atoms. The van der Waals surface area contributed by atoms with E-state index >= 15 is 0 Å².